The van der Waals surface area contributed by atoms with E-state index in [0.29, 0.717) is 11.7 Å². The van der Waals surface area contributed by atoms with Crippen molar-refractivity contribution in [2.45, 2.75) is 43.2 Å². The van der Waals surface area contributed by atoms with E-state index >= 15 is 0 Å². The first kappa shape index (κ1) is 15.3. The van der Waals surface area contributed by atoms with E-state index in [0.717, 1.165) is 17.7 Å². The molecule has 110 valence electrons. The van der Waals surface area contributed by atoms with Crippen LogP contribution in [0.15, 0.2) is 29.2 Å². The number of hydrogen-bond acceptors (Lipinski definition) is 3. The zero-order valence-corrected chi connectivity index (χ0v) is 12.7. The van der Waals surface area contributed by atoms with Gasteiger partial charge in [-0.2, -0.15) is 0 Å². The number of nitrogens with one attached hydrogen (secondary N) is 1. The Morgan fingerprint density at radius 2 is 2.25 bits per heavy atom. The van der Waals surface area contributed by atoms with Crippen LogP contribution in [0.1, 0.15) is 26.7 Å². The average Bonchev–Trinajstić information content (AvgIpc) is 3.18. The molecule has 1 aromatic carbocycles. The number of benzene rings is 1. The van der Waals surface area contributed by atoms with Crippen molar-refractivity contribution in [3.8, 4) is 0 Å². The predicted molar refractivity (Wildman–Crippen MR) is 80.0 cm³/mol. The molecule has 1 unspecified atom stereocenters. The van der Waals surface area contributed by atoms with Gasteiger partial charge in [0.05, 0.1) is 0 Å². The number of carbonyl (C=O) groups excluding carboxylic acids is 1. The van der Waals surface area contributed by atoms with Gasteiger partial charge in [-0.25, -0.2) is 4.39 Å². The summed E-state index contributed by atoms with van der Waals surface area (Å²) < 4.78 is 13.2. The first-order valence-electron chi connectivity index (χ1n) is 6.90. The number of halogens is 1. The molecule has 1 atom stereocenters. The Morgan fingerprint density at radius 3 is 2.75 bits per heavy atom. The molecule has 3 nitrogen and oxygen atoms in total. The summed E-state index contributed by atoms with van der Waals surface area (Å²) >= 11 is 1.48. The highest BCUT2D eigenvalue weighted by atomic mass is 32.2. The summed E-state index contributed by atoms with van der Waals surface area (Å²) in [5, 5.41) is 3.35. The molecule has 1 fully saturated rings. The fourth-order valence-electron chi connectivity index (χ4n) is 2.47. The van der Waals surface area contributed by atoms with Crippen LogP contribution in [0.4, 0.5) is 4.39 Å². The van der Waals surface area contributed by atoms with Crippen LogP contribution in [0.25, 0.3) is 0 Å². The molecule has 0 bridgehead atoms. The Kier molecular flexibility index (Phi) is 4.70. The molecule has 0 aliphatic heterocycles. The SMILES string of the molecule is CC(C)NC(CSc1cccc(F)c1)(C(N)=O)C1CC1. The van der Waals surface area contributed by atoms with Crippen LogP contribution in [0, 0.1) is 11.7 Å². The van der Waals surface area contributed by atoms with E-state index in [1.807, 2.05) is 19.9 Å². The maximum absolute atomic E-state index is 13.2. The van der Waals surface area contributed by atoms with E-state index in [4.69, 9.17) is 5.73 Å². The van der Waals surface area contributed by atoms with Gasteiger partial charge in [-0.05, 0) is 50.8 Å². The molecule has 0 radical (unpaired) electrons. The van der Waals surface area contributed by atoms with Crippen LogP contribution >= 0.6 is 11.8 Å². The van der Waals surface area contributed by atoms with Gasteiger partial charge in [-0.1, -0.05) is 6.07 Å². The number of nitrogens with two attached hydrogens (primary N) is 1. The van der Waals surface area contributed by atoms with Gasteiger partial charge in [0.25, 0.3) is 0 Å². The Morgan fingerprint density at radius 1 is 1.55 bits per heavy atom. The molecule has 1 aromatic rings. The van der Waals surface area contributed by atoms with Crippen molar-refractivity contribution in [2.75, 3.05) is 5.75 Å². The van der Waals surface area contributed by atoms with Gasteiger partial charge in [0.2, 0.25) is 5.91 Å². The van der Waals surface area contributed by atoms with Crippen molar-refractivity contribution in [2.24, 2.45) is 11.7 Å². The molecule has 0 heterocycles. The summed E-state index contributed by atoms with van der Waals surface area (Å²) in [4.78, 5) is 12.8. The maximum atomic E-state index is 13.2. The van der Waals surface area contributed by atoms with Crippen LogP contribution in [0.3, 0.4) is 0 Å². The third-order valence-electron chi connectivity index (χ3n) is 3.52. The van der Waals surface area contributed by atoms with Gasteiger partial charge in [-0.15, -0.1) is 11.8 Å². The van der Waals surface area contributed by atoms with Crippen LogP contribution in [0.5, 0.6) is 0 Å². The Balaban J connectivity index is 2.13. The van der Waals surface area contributed by atoms with Crippen LogP contribution in [-0.2, 0) is 4.79 Å². The first-order valence-corrected chi connectivity index (χ1v) is 7.88. The van der Waals surface area contributed by atoms with Crippen molar-refractivity contribution < 1.29 is 9.18 Å². The molecule has 1 saturated carbocycles. The molecule has 20 heavy (non-hydrogen) atoms. The van der Waals surface area contributed by atoms with Gasteiger partial charge in [-0.3, -0.25) is 4.79 Å². The Labute approximate surface area is 123 Å². The topological polar surface area (TPSA) is 55.1 Å². The normalized spacial score (nSPS) is 18.0. The number of amides is 1. The Hall–Kier alpha value is -1.07. The summed E-state index contributed by atoms with van der Waals surface area (Å²) in [6, 6.07) is 6.60. The highest BCUT2D eigenvalue weighted by Gasteiger charge is 2.49. The number of thioether (sulfide) groups is 1. The molecule has 0 saturated heterocycles. The van der Waals surface area contributed by atoms with E-state index < -0.39 is 5.54 Å². The van der Waals surface area contributed by atoms with Gasteiger partial charge in [0.1, 0.15) is 11.4 Å². The number of carbonyl (C=O) groups is 1. The lowest BCUT2D eigenvalue weighted by Crippen LogP contribution is -2.61. The van der Waals surface area contributed by atoms with Crippen molar-refractivity contribution in [1.29, 1.82) is 0 Å². The quantitative estimate of drug-likeness (QED) is 0.760. The molecule has 1 amide bonds. The maximum Gasteiger partial charge on any atom is 0.238 e. The second-order valence-corrected chi connectivity index (χ2v) is 6.70. The van der Waals surface area contributed by atoms with Crippen molar-refractivity contribution in [1.82, 2.24) is 5.32 Å². The summed E-state index contributed by atoms with van der Waals surface area (Å²) in [6.45, 7) is 4.01. The second kappa shape index (κ2) is 6.14. The number of rotatable bonds is 7. The highest BCUT2D eigenvalue weighted by Crippen LogP contribution is 2.42. The minimum Gasteiger partial charge on any atom is -0.368 e. The van der Waals surface area contributed by atoms with Crippen LogP contribution in [0.2, 0.25) is 0 Å². The lowest BCUT2D eigenvalue weighted by atomic mass is 9.93. The predicted octanol–water partition coefficient (Wildman–Crippen LogP) is 2.55. The van der Waals surface area contributed by atoms with Crippen molar-refractivity contribution in [3.05, 3.63) is 30.1 Å². The smallest absolute Gasteiger partial charge is 0.238 e. The zero-order chi connectivity index (χ0) is 14.8. The number of hydrogen-bond donors (Lipinski definition) is 2. The Bertz CT molecular complexity index is 491. The lowest BCUT2D eigenvalue weighted by molar-refractivity contribution is -0.124. The zero-order valence-electron chi connectivity index (χ0n) is 11.9. The summed E-state index contributed by atoms with van der Waals surface area (Å²) in [6.07, 6.45) is 2.04. The van der Waals surface area contributed by atoms with Gasteiger partial charge < -0.3 is 11.1 Å². The molecule has 0 aromatic heterocycles. The van der Waals surface area contributed by atoms with E-state index in [-0.39, 0.29) is 17.8 Å². The fraction of sp³-hybridized carbons (Fsp3) is 0.533. The van der Waals surface area contributed by atoms with Crippen molar-refractivity contribution >= 4 is 17.7 Å². The largest absolute Gasteiger partial charge is 0.368 e. The third kappa shape index (κ3) is 3.52. The molecule has 0 spiro atoms. The average molecular weight is 296 g/mol. The molecule has 1 aliphatic rings. The van der Waals surface area contributed by atoms with Crippen molar-refractivity contribution in [3.63, 3.8) is 0 Å². The standard InChI is InChI=1S/C15H21FN2OS/c1-10(2)18-15(14(17)19,11-6-7-11)9-20-13-5-3-4-12(16)8-13/h3-5,8,10-11,18H,6-7,9H2,1-2H3,(H2,17,19). The van der Waals surface area contributed by atoms with E-state index in [1.165, 1.54) is 23.9 Å². The van der Waals surface area contributed by atoms with E-state index in [2.05, 4.69) is 5.32 Å². The minimum atomic E-state index is -0.689. The molecule has 3 N–H and O–H groups in total. The summed E-state index contributed by atoms with van der Waals surface area (Å²) in [5.41, 5.74) is 4.98. The van der Waals surface area contributed by atoms with E-state index in [9.17, 15) is 9.18 Å². The molecule has 5 heteroatoms. The molecule has 2 rings (SSSR count). The lowest BCUT2D eigenvalue weighted by Gasteiger charge is -2.33. The minimum absolute atomic E-state index is 0.177. The van der Waals surface area contributed by atoms with Gasteiger partial charge in [0.15, 0.2) is 0 Å². The van der Waals surface area contributed by atoms with E-state index in [1.54, 1.807) is 6.07 Å². The van der Waals surface area contributed by atoms with Gasteiger partial charge >= 0.3 is 0 Å². The number of primary amides is 1. The van der Waals surface area contributed by atoms with Gasteiger partial charge in [0, 0.05) is 16.7 Å². The molecular formula is C15H21FN2OS. The monoisotopic (exact) mass is 296 g/mol. The summed E-state index contributed by atoms with van der Waals surface area (Å²) in [7, 11) is 0. The highest BCUT2D eigenvalue weighted by molar-refractivity contribution is 7.99. The molecule has 1 aliphatic carbocycles. The molecular weight excluding hydrogens is 275 g/mol. The van der Waals surface area contributed by atoms with Crippen LogP contribution in [-0.4, -0.2) is 23.2 Å². The summed E-state index contributed by atoms with van der Waals surface area (Å²) in [5.74, 6) is 0.262. The fourth-order valence-corrected chi connectivity index (χ4v) is 3.69. The second-order valence-electron chi connectivity index (χ2n) is 5.65. The third-order valence-corrected chi connectivity index (χ3v) is 4.71. The van der Waals surface area contributed by atoms with Crippen LogP contribution < -0.4 is 11.1 Å². The first-order chi connectivity index (χ1) is 9.44.